The molecule has 12 nitrogen and oxygen atoms in total. The van der Waals surface area contributed by atoms with Gasteiger partial charge in [-0.3, -0.25) is 24.5 Å². The molecular weight excluding hydrogens is 787 g/mol. The number of benzene rings is 4. The number of hydrogen-bond donors (Lipinski definition) is 4. The van der Waals surface area contributed by atoms with E-state index in [0.29, 0.717) is 43.6 Å². The largest absolute Gasteiger partial charge is 0.394 e. The topological polar surface area (TPSA) is 165 Å². The molecule has 0 saturated carbocycles. The SMILES string of the molecule is Cc1ccc(S(=O)(=O)N2CC[C@@H]3[C@H](CO)Nc4ccc(-c5cccc(NC(=O)CCCCCCSc6cccc7c6CN(C6CCC(=O)NC6=O)C7=O)c5)cc4[C@@H]32)cc1. The minimum atomic E-state index is -3.79. The molecule has 4 heterocycles. The Morgan fingerprint density at radius 1 is 0.915 bits per heavy atom. The maximum Gasteiger partial charge on any atom is 0.255 e. The summed E-state index contributed by atoms with van der Waals surface area (Å²) < 4.78 is 29.6. The fourth-order valence-corrected chi connectivity index (χ4v) is 11.7. The lowest BCUT2D eigenvalue weighted by Crippen LogP contribution is -2.52. The van der Waals surface area contributed by atoms with E-state index in [2.05, 4.69) is 16.0 Å². The first-order valence-corrected chi connectivity index (χ1v) is 22.8. The van der Waals surface area contributed by atoms with Crippen LogP contribution in [0.4, 0.5) is 11.4 Å². The van der Waals surface area contributed by atoms with Crippen molar-refractivity contribution < 1.29 is 32.7 Å². The third kappa shape index (κ3) is 8.41. The third-order valence-corrected chi connectivity index (χ3v) is 15.1. The van der Waals surface area contributed by atoms with E-state index in [4.69, 9.17) is 0 Å². The van der Waals surface area contributed by atoms with Crippen LogP contribution in [-0.4, -0.2) is 77.3 Å². The highest BCUT2D eigenvalue weighted by molar-refractivity contribution is 7.99. The maximum absolute atomic E-state index is 14.0. The molecule has 2 fully saturated rings. The van der Waals surface area contributed by atoms with Gasteiger partial charge in [0.1, 0.15) is 6.04 Å². The van der Waals surface area contributed by atoms with E-state index in [0.717, 1.165) is 69.8 Å². The molecule has 0 bridgehead atoms. The van der Waals surface area contributed by atoms with E-state index in [9.17, 15) is 32.7 Å². The van der Waals surface area contributed by atoms with Crippen molar-refractivity contribution in [3.05, 3.63) is 107 Å². The number of hydrogen-bond acceptors (Lipinski definition) is 9. The van der Waals surface area contributed by atoms with E-state index in [-0.39, 0.29) is 47.6 Å². The van der Waals surface area contributed by atoms with Crippen LogP contribution in [0.2, 0.25) is 0 Å². The zero-order valence-corrected chi connectivity index (χ0v) is 34.6. The maximum atomic E-state index is 14.0. The van der Waals surface area contributed by atoms with Crippen molar-refractivity contribution in [3.63, 3.8) is 0 Å². The van der Waals surface area contributed by atoms with Gasteiger partial charge in [0.15, 0.2) is 0 Å². The van der Waals surface area contributed by atoms with E-state index >= 15 is 0 Å². The summed E-state index contributed by atoms with van der Waals surface area (Å²) in [6.07, 6.45) is 5.17. The number of anilines is 2. The fourth-order valence-electron chi connectivity index (χ4n) is 8.93. The molecule has 1 unspecified atom stereocenters. The summed E-state index contributed by atoms with van der Waals surface area (Å²) in [5.41, 5.74) is 6.70. The number of nitrogens with zero attached hydrogens (tertiary/aromatic N) is 2. The minimum Gasteiger partial charge on any atom is -0.394 e. The number of rotatable bonds is 14. The molecule has 0 spiro atoms. The Morgan fingerprint density at radius 2 is 1.69 bits per heavy atom. The zero-order valence-electron chi connectivity index (χ0n) is 33.0. The number of fused-ring (bicyclic) bond motifs is 4. The first kappa shape index (κ1) is 40.7. The van der Waals surface area contributed by atoms with Gasteiger partial charge in [0, 0.05) is 53.7 Å². The lowest BCUT2D eigenvalue weighted by Gasteiger charge is -2.39. The summed E-state index contributed by atoms with van der Waals surface area (Å²) in [4.78, 5) is 53.1. The molecule has 2 saturated heterocycles. The van der Waals surface area contributed by atoms with Crippen LogP contribution in [0, 0.1) is 12.8 Å². The van der Waals surface area contributed by atoms with Gasteiger partial charge in [-0.25, -0.2) is 8.42 Å². The summed E-state index contributed by atoms with van der Waals surface area (Å²) in [5, 5.41) is 19.1. The van der Waals surface area contributed by atoms with E-state index < -0.39 is 28.0 Å². The van der Waals surface area contributed by atoms with Crippen LogP contribution in [0.15, 0.2) is 94.7 Å². The van der Waals surface area contributed by atoms with Crippen molar-refractivity contribution in [2.24, 2.45) is 5.92 Å². The van der Waals surface area contributed by atoms with Crippen molar-refractivity contribution in [2.75, 3.05) is 29.5 Å². The second kappa shape index (κ2) is 17.3. The third-order valence-electron chi connectivity index (χ3n) is 12.0. The lowest BCUT2D eigenvalue weighted by atomic mass is 9.82. The van der Waals surface area contributed by atoms with Gasteiger partial charge in [-0.2, -0.15) is 4.31 Å². The summed E-state index contributed by atoms with van der Waals surface area (Å²) in [5.74, 6) is -0.166. The second-order valence-corrected chi connectivity index (χ2v) is 18.9. The Labute approximate surface area is 349 Å². The van der Waals surface area contributed by atoms with Crippen molar-refractivity contribution in [1.29, 1.82) is 0 Å². The predicted molar refractivity (Wildman–Crippen MR) is 227 cm³/mol. The highest BCUT2D eigenvalue weighted by Gasteiger charge is 2.48. The van der Waals surface area contributed by atoms with E-state index in [1.54, 1.807) is 39.2 Å². The van der Waals surface area contributed by atoms with Crippen LogP contribution in [-0.2, 0) is 31.0 Å². The molecule has 4 atom stereocenters. The molecule has 8 rings (SSSR count). The number of unbranched alkanes of at least 4 members (excludes halogenated alkanes) is 3. The van der Waals surface area contributed by atoms with Crippen molar-refractivity contribution >= 4 is 56.8 Å². The number of carbonyl (C=O) groups excluding carboxylic acids is 4. The zero-order chi connectivity index (χ0) is 41.3. The van der Waals surface area contributed by atoms with Gasteiger partial charge in [-0.15, -0.1) is 11.8 Å². The number of aliphatic hydroxyl groups excluding tert-OH is 1. The quantitative estimate of drug-likeness (QED) is 0.0619. The van der Waals surface area contributed by atoms with Crippen LogP contribution >= 0.6 is 11.8 Å². The number of nitrogens with one attached hydrogen (secondary N) is 3. The van der Waals surface area contributed by atoms with E-state index in [1.165, 1.54) is 0 Å². The van der Waals surface area contributed by atoms with Gasteiger partial charge in [0.2, 0.25) is 27.7 Å². The molecule has 59 heavy (non-hydrogen) atoms. The molecule has 0 aliphatic carbocycles. The standard InChI is InChI=1S/C45H49N5O7S2/c1-28-13-16-32(17-14-28)59(56,57)50-22-21-34-38(27-51)47-37-18-15-30(25-35(37)43(34)50)29-8-6-9-31(24-29)46-41(52)12-4-2-3-5-23-58-40-11-7-10-33-36(40)26-49(45(33)55)39-19-20-42(53)48-44(39)54/h6-11,13-18,24-25,34,38-39,43,47,51H,2-5,12,19-23,26-27H2,1H3,(H,46,52)(H,48,53,54)/t34-,38+,39?,43-/m1/s1. The highest BCUT2D eigenvalue weighted by Crippen LogP contribution is 2.49. The number of sulfonamides is 1. The van der Waals surface area contributed by atoms with Crippen LogP contribution < -0.4 is 16.0 Å². The number of thioether (sulfide) groups is 1. The Kier molecular flexibility index (Phi) is 11.9. The van der Waals surface area contributed by atoms with Crippen molar-refractivity contribution in [2.45, 2.75) is 92.8 Å². The molecule has 0 radical (unpaired) electrons. The minimum absolute atomic E-state index is 0.0583. The average molecular weight is 836 g/mol. The predicted octanol–water partition coefficient (Wildman–Crippen LogP) is 6.64. The fraction of sp³-hybridized carbons (Fsp3) is 0.378. The summed E-state index contributed by atoms with van der Waals surface area (Å²) >= 11 is 1.70. The number of aliphatic hydroxyl groups is 1. The number of carbonyl (C=O) groups is 4. The summed E-state index contributed by atoms with van der Waals surface area (Å²) in [6, 6.07) is 24.9. The molecule has 4 N–H and O–H groups in total. The molecule has 4 aliphatic rings. The van der Waals surface area contributed by atoms with Gasteiger partial charge in [-0.05, 0) is 109 Å². The number of amides is 4. The van der Waals surface area contributed by atoms with Crippen LogP contribution in [0.5, 0.6) is 0 Å². The van der Waals surface area contributed by atoms with Gasteiger partial charge in [0.25, 0.3) is 5.91 Å². The van der Waals surface area contributed by atoms with Crippen LogP contribution in [0.25, 0.3) is 11.1 Å². The highest BCUT2D eigenvalue weighted by atomic mass is 32.2. The first-order chi connectivity index (χ1) is 28.5. The van der Waals surface area contributed by atoms with Gasteiger partial charge in [0.05, 0.1) is 23.6 Å². The second-order valence-electron chi connectivity index (χ2n) is 15.9. The molecule has 14 heteroatoms. The number of piperidine rings is 1. The van der Waals surface area contributed by atoms with Crippen molar-refractivity contribution in [3.8, 4) is 11.1 Å². The molecule has 4 aromatic rings. The van der Waals surface area contributed by atoms with Crippen molar-refractivity contribution in [1.82, 2.24) is 14.5 Å². The molecule has 308 valence electrons. The average Bonchev–Trinajstić information content (AvgIpc) is 3.83. The Morgan fingerprint density at radius 3 is 2.49 bits per heavy atom. The molecule has 4 amide bonds. The van der Waals surface area contributed by atoms with E-state index in [1.807, 2.05) is 73.7 Å². The number of aryl methyl sites for hydroxylation is 1. The summed E-state index contributed by atoms with van der Waals surface area (Å²) in [7, 11) is -3.79. The van der Waals surface area contributed by atoms with Gasteiger partial charge in [-0.1, -0.05) is 54.8 Å². The molecular formula is C45H49N5O7S2. The monoisotopic (exact) mass is 835 g/mol. The Hall–Kier alpha value is -5.02. The van der Waals surface area contributed by atoms with Gasteiger partial charge >= 0.3 is 0 Å². The molecule has 4 aromatic carbocycles. The number of imide groups is 1. The molecule has 0 aromatic heterocycles. The summed E-state index contributed by atoms with van der Waals surface area (Å²) in [6.45, 7) is 2.55. The van der Waals surface area contributed by atoms with Gasteiger partial charge < -0.3 is 20.6 Å². The van der Waals surface area contributed by atoms with Crippen LogP contribution in [0.1, 0.15) is 84.5 Å². The molecule has 4 aliphatic heterocycles. The normalized spacial score (nSPS) is 21.4. The Balaban J connectivity index is 0.837. The Bertz CT molecular complexity index is 2390. The smallest absolute Gasteiger partial charge is 0.255 e. The van der Waals surface area contributed by atoms with Crippen LogP contribution in [0.3, 0.4) is 0 Å². The lowest BCUT2D eigenvalue weighted by molar-refractivity contribution is -0.137. The first-order valence-electron chi connectivity index (χ1n) is 20.4.